The summed E-state index contributed by atoms with van der Waals surface area (Å²) in [6.07, 6.45) is -1.96. The van der Waals surface area contributed by atoms with Gasteiger partial charge in [-0.3, -0.25) is 0 Å². The first-order chi connectivity index (χ1) is 15.5. The molecule has 3 heterocycles. The fourth-order valence-corrected chi connectivity index (χ4v) is 4.28. The van der Waals surface area contributed by atoms with E-state index < -0.39 is 24.2 Å². The van der Waals surface area contributed by atoms with Crippen LogP contribution in [-0.4, -0.2) is 70.3 Å². The van der Waals surface area contributed by atoms with E-state index in [1.54, 1.807) is 20.8 Å². The second-order valence-corrected chi connectivity index (χ2v) is 9.67. The van der Waals surface area contributed by atoms with Crippen LogP contribution in [0.25, 0.3) is 10.7 Å². The molecule has 1 fully saturated rings. The molecule has 0 unspecified atom stereocenters. The number of hydrogen-bond donors (Lipinski definition) is 0. The van der Waals surface area contributed by atoms with Gasteiger partial charge in [0, 0.05) is 13.1 Å². The van der Waals surface area contributed by atoms with Crippen LogP contribution in [0.1, 0.15) is 20.8 Å². The number of hydrogen-bond acceptors (Lipinski definition) is 8. The van der Waals surface area contributed by atoms with E-state index in [1.165, 1.54) is 32.7 Å². The molecule has 0 radical (unpaired) electrons. The van der Waals surface area contributed by atoms with Gasteiger partial charge in [0.1, 0.15) is 28.1 Å². The van der Waals surface area contributed by atoms with Crippen molar-refractivity contribution in [2.24, 2.45) is 0 Å². The normalized spacial score (nSPS) is 16.8. The lowest BCUT2D eigenvalue weighted by atomic mass is 10.1. The molecule has 8 nitrogen and oxygen atoms in total. The monoisotopic (exact) mass is 521 g/mol. The number of carbonyl (C=O) groups is 1. The Kier molecular flexibility index (Phi) is 7.96. The molecule has 1 aliphatic rings. The first kappa shape index (κ1) is 25.4. The van der Waals surface area contributed by atoms with Gasteiger partial charge >= 0.3 is 6.09 Å². The third kappa shape index (κ3) is 6.01. The molecule has 2 aromatic heterocycles. The highest BCUT2D eigenvalue weighted by Crippen LogP contribution is 2.39. The van der Waals surface area contributed by atoms with Crippen LogP contribution in [-0.2, 0) is 4.74 Å². The highest BCUT2D eigenvalue weighted by Gasteiger charge is 2.39. The molecule has 0 saturated carbocycles. The minimum Gasteiger partial charge on any atom is -0.472 e. The van der Waals surface area contributed by atoms with Gasteiger partial charge in [0.25, 0.3) is 6.43 Å². The number of aromatic nitrogens is 3. The van der Waals surface area contributed by atoms with Crippen molar-refractivity contribution in [3.63, 3.8) is 0 Å². The van der Waals surface area contributed by atoms with E-state index in [9.17, 15) is 13.6 Å². The Bertz CT molecular complexity index is 1020. The Labute approximate surface area is 204 Å². The second-order valence-electron chi connectivity index (χ2n) is 8.08. The second kappa shape index (κ2) is 10.4. The predicted octanol–water partition coefficient (Wildman–Crippen LogP) is 5.16. The van der Waals surface area contributed by atoms with E-state index in [0.717, 1.165) is 0 Å². The summed E-state index contributed by atoms with van der Waals surface area (Å²) in [5.74, 6) is 0.200. The Morgan fingerprint density at radius 3 is 2.67 bits per heavy atom. The van der Waals surface area contributed by atoms with Crippen LogP contribution >= 0.6 is 34.5 Å². The quantitative estimate of drug-likeness (QED) is 0.485. The standard InChI is InChI=1S/C20H23Cl2F2N5O3S/c1-5-8-31-18-12(21)17(26-16(27-18)13-14(22)25-10-33-13)29-7-6-28(9-11(29)15(23)24)19(30)32-20(2,3)4/h5,10-11,15H,1,6-9H2,2-4H3/t11-/m0/s1. The van der Waals surface area contributed by atoms with Crippen molar-refractivity contribution in [1.82, 2.24) is 19.9 Å². The fraction of sp³-hybridized carbons (Fsp3) is 0.500. The molecular formula is C20H23Cl2F2N5O3S. The molecule has 0 aliphatic carbocycles. The smallest absolute Gasteiger partial charge is 0.410 e. The number of rotatable bonds is 6. The van der Waals surface area contributed by atoms with Crippen molar-refractivity contribution < 1.29 is 23.0 Å². The molecule has 1 aliphatic heterocycles. The lowest BCUT2D eigenvalue weighted by Gasteiger charge is -2.42. The Hall–Kier alpha value is -2.24. The predicted molar refractivity (Wildman–Crippen MR) is 124 cm³/mol. The molecule has 0 bridgehead atoms. The number of thiazole rings is 1. The third-order valence-electron chi connectivity index (χ3n) is 4.50. The number of alkyl halides is 2. The van der Waals surface area contributed by atoms with E-state index in [2.05, 4.69) is 21.5 Å². The molecular weight excluding hydrogens is 499 g/mol. The van der Waals surface area contributed by atoms with Crippen molar-refractivity contribution >= 4 is 46.4 Å². The van der Waals surface area contributed by atoms with E-state index in [-0.39, 0.29) is 53.9 Å². The molecule has 3 rings (SSSR count). The number of halogens is 4. The van der Waals surface area contributed by atoms with Gasteiger partial charge < -0.3 is 19.3 Å². The van der Waals surface area contributed by atoms with Gasteiger partial charge in [-0.05, 0) is 20.8 Å². The molecule has 13 heteroatoms. The van der Waals surface area contributed by atoms with E-state index in [1.807, 2.05) is 0 Å². The van der Waals surface area contributed by atoms with Crippen LogP contribution < -0.4 is 9.64 Å². The van der Waals surface area contributed by atoms with Crippen molar-refractivity contribution in [3.8, 4) is 16.6 Å². The van der Waals surface area contributed by atoms with Gasteiger partial charge in [-0.15, -0.1) is 11.3 Å². The number of amides is 1. The summed E-state index contributed by atoms with van der Waals surface area (Å²) in [5, 5.41) is 0.140. The molecule has 33 heavy (non-hydrogen) atoms. The summed E-state index contributed by atoms with van der Waals surface area (Å²) >= 11 is 13.8. The summed E-state index contributed by atoms with van der Waals surface area (Å²) in [5.41, 5.74) is 0.770. The fourth-order valence-electron chi connectivity index (χ4n) is 3.10. The van der Waals surface area contributed by atoms with Gasteiger partial charge in [0.15, 0.2) is 16.8 Å². The average molecular weight is 522 g/mol. The van der Waals surface area contributed by atoms with E-state index >= 15 is 0 Å². The Balaban J connectivity index is 1.98. The van der Waals surface area contributed by atoms with Crippen LogP contribution in [0, 0.1) is 0 Å². The molecule has 2 aromatic rings. The molecule has 180 valence electrons. The Morgan fingerprint density at radius 1 is 1.36 bits per heavy atom. The zero-order chi connectivity index (χ0) is 24.3. The maximum absolute atomic E-state index is 14.1. The first-order valence-corrected chi connectivity index (χ1v) is 11.6. The number of carbonyl (C=O) groups excluding carboxylic acids is 1. The van der Waals surface area contributed by atoms with Crippen LogP contribution in [0.5, 0.6) is 5.88 Å². The average Bonchev–Trinajstić information content (AvgIpc) is 3.17. The summed E-state index contributed by atoms with van der Waals surface area (Å²) in [4.78, 5) is 28.2. The SMILES string of the molecule is C=CCOc1nc(-c2scnc2Cl)nc(N2CCN(C(=O)OC(C)(C)C)C[C@H]2C(F)F)c1Cl. The zero-order valence-electron chi connectivity index (χ0n) is 18.2. The first-order valence-electron chi connectivity index (χ1n) is 9.95. The van der Waals surface area contributed by atoms with Crippen molar-refractivity contribution in [3.05, 3.63) is 28.3 Å². The summed E-state index contributed by atoms with van der Waals surface area (Å²) in [6, 6.07) is -1.38. The number of ether oxygens (including phenoxy) is 2. The number of piperazine rings is 1. The Morgan fingerprint density at radius 2 is 2.09 bits per heavy atom. The minimum atomic E-state index is -2.80. The van der Waals surface area contributed by atoms with E-state index in [0.29, 0.717) is 4.88 Å². The van der Waals surface area contributed by atoms with Crippen molar-refractivity contribution in [2.75, 3.05) is 31.1 Å². The largest absolute Gasteiger partial charge is 0.472 e. The lowest BCUT2D eigenvalue weighted by molar-refractivity contribution is 0.0120. The van der Waals surface area contributed by atoms with Gasteiger partial charge in [-0.25, -0.2) is 23.5 Å². The van der Waals surface area contributed by atoms with Gasteiger partial charge in [0.05, 0.1) is 12.1 Å². The van der Waals surface area contributed by atoms with Gasteiger partial charge in [-0.1, -0.05) is 35.9 Å². The van der Waals surface area contributed by atoms with E-state index in [4.69, 9.17) is 32.7 Å². The third-order valence-corrected chi connectivity index (χ3v) is 6.05. The number of nitrogens with zero attached hydrogens (tertiary/aromatic N) is 5. The van der Waals surface area contributed by atoms with Crippen LogP contribution in [0.2, 0.25) is 10.2 Å². The van der Waals surface area contributed by atoms with Crippen LogP contribution in [0.3, 0.4) is 0 Å². The summed E-state index contributed by atoms with van der Waals surface area (Å²) in [7, 11) is 0. The maximum atomic E-state index is 14.1. The molecule has 1 atom stereocenters. The minimum absolute atomic E-state index is 0.00335. The molecule has 1 saturated heterocycles. The maximum Gasteiger partial charge on any atom is 0.410 e. The number of anilines is 1. The molecule has 0 N–H and O–H groups in total. The molecule has 0 spiro atoms. The molecule has 0 aromatic carbocycles. The zero-order valence-corrected chi connectivity index (χ0v) is 20.6. The molecule has 1 amide bonds. The highest BCUT2D eigenvalue weighted by atomic mass is 35.5. The van der Waals surface area contributed by atoms with Gasteiger partial charge in [0.2, 0.25) is 5.88 Å². The van der Waals surface area contributed by atoms with Gasteiger partial charge in [-0.2, -0.15) is 4.98 Å². The lowest BCUT2D eigenvalue weighted by Crippen LogP contribution is -2.58. The van der Waals surface area contributed by atoms with Crippen molar-refractivity contribution in [2.45, 2.75) is 38.8 Å². The highest BCUT2D eigenvalue weighted by molar-refractivity contribution is 7.13. The summed E-state index contributed by atoms with van der Waals surface area (Å²) < 4.78 is 39.1. The van der Waals surface area contributed by atoms with Crippen molar-refractivity contribution in [1.29, 1.82) is 0 Å². The van der Waals surface area contributed by atoms with Crippen LogP contribution in [0.15, 0.2) is 18.2 Å². The summed E-state index contributed by atoms with van der Waals surface area (Å²) in [6.45, 7) is 8.73. The van der Waals surface area contributed by atoms with Crippen LogP contribution in [0.4, 0.5) is 19.4 Å². The topological polar surface area (TPSA) is 80.7 Å².